The summed E-state index contributed by atoms with van der Waals surface area (Å²) in [6.07, 6.45) is 9.53. The molecule has 1 aliphatic carbocycles. The van der Waals surface area contributed by atoms with E-state index in [0.717, 1.165) is 25.7 Å². The molecule has 1 saturated heterocycles. The van der Waals surface area contributed by atoms with E-state index in [1.54, 1.807) is 0 Å². The highest BCUT2D eigenvalue weighted by Crippen LogP contribution is 2.21. The van der Waals surface area contributed by atoms with Crippen LogP contribution in [0.15, 0.2) is 0 Å². The number of hydrogen-bond acceptors (Lipinski definition) is 3. The average Bonchev–Trinajstić information content (AvgIpc) is 2.57. The topological polar surface area (TPSA) is 50.1 Å². The molecule has 0 amide bonds. The summed E-state index contributed by atoms with van der Waals surface area (Å²) in [5.74, 6) is 0. The second kappa shape index (κ2) is 5.28. The van der Waals surface area contributed by atoms with Crippen molar-refractivity contribution in [2.75, 3.05) is 19.6 Å². The average molecular weight is 211 g/mol. The molecule has 0 radical (unpaired) electrons. The SMILES string of the molecule is NCC1(NC2CCCCCC2)CCNC1. The fourth-order valence-electron chi connectivity index (χ4n) is 2.96. The molecule has 2 fully saturated rings. The molecule has 0 aromatic heterocycles. The Morgan fingerprint density at radius 3 is 2.47 bits per heavy atom. The zero-order valence-corrected chi connectivity index (χ0v) is 9.73. The summed E-state index contributed by atoms with van der Waals surface area (Å²) in [6.45, 7) is 2.95. The number of rotatable bonds is 3. The van der Waals surface area contributed by atoms with Crippen LogP contribution in [-0.4, -0.2) is 31.2 Å². The predicted molar refractivity (Wildman–Crippen MR) is 63.9 cm³/mol. The maximum Gasteiger partial charge on any atom is 0.0444 e. The highest BCUT2D eigenvalue weighted by molar-refractivity contribution is 4.98. The van der Waals surface area contributed by atoms with Crippen molar-refractivity contribution in [3.63, 3.8) is 0 Å². The largest absolute Gasteiger partial charge is 0.329 e. The molecule has 1 atom stereocenters. The van der Waals surface area contributed by atoms with Crippen LogP contribution in [0.5, 0.6) is 0 Å². The Balaban J connectivity index is 1.87. The summed E-state index contributed by atoms with van der Waals surface area (Å²) in [5, 5.41) is 7.26. The van der Waals surface area contributed by atoms with Crippen LogP contribution in [0.3, 0.4) is 0 Å². The van der Waals surface area contributed by atoms with Crippen LogP contribution < -0.4 is 16.4 Å². The molecule has 1 saturated carbocycles. The first kappa shape index (κ1) is 11.4. The minimum atomic E-state index is 0.203. The zero-order valence-electron chi connectivity index (χ0n) is 9.73. The van der Waals surface area contributed by atoms with E-state index in [1.807, 2.05) is 0 Å². The van der Waals surface area contributed by atoms with Gasteiger partial charge in [-0.2, -0.15) is 0 Å². The minimum absolute atomic E-state index is 0.203. The third kappa shape index (κ3) is 2.92. The molecule has 4 N–H and O–H groups in total. The Kier molecular flexibility index (Phi) is 4.00. The first-order valence-electron chi connectivity index (χ1n) is 6.53. The molecular weight excluding hydrogens is 186 g/mol. The van der Waals surface area contributed by atoms with E-state index < -0.39 is 0 Å². The summed E-state index contributed by atoms with van der Waals surface area (Å²) in [7, 11) is 0. The molecule has 2 aliphatic rings. The highest BCUT2D eigenvalue weighted by atomic mass is 15.1. The normalized spacial score (nSPS) is 34.2. The molecule has 0 bridgehead atoms. The number of nitrogens with one attached hydrogen (secondary N) is 2. The van der Waals surface area contributed by atoms with E-state index in [1.165, 1.54) is 44.9 Å². The summed E-state index contributed by atoms with van der Waals surface area (Å²) in [4.78, 5) is 0. The zero-order chi connectivity index (χ0) is 10.6. The lowest BCUT2D eigenvalue weighted by Gasteiger charge is -2.33. The quantitative estimate of drug-likeness (QED) is 0.610. The Hall–Kier alpha value is -0.120. The molecular formula is C12H25N3. The maximum absolute atomic E-state index is 5.92. The Morgan fingerprint density at radius 2 is 1.93 bits per heavy atom. The lowest BCUT2D eigenvalue weighted by Crippen LogP contribution is -2.56. The van der Waals surface area contributed by atoms with Crippen LogP contribution in [0.1, 0.15) is 44.9 Å². The third-order valence-electron chi connectivity index (χ3n) is 4.00. The van der Waals surface area contributed by atoms with Crippen molar-refractivity contribution in [1.82, 2.24) is 10.6 Å². The van der Waals surface area contributed by atoms with Gasteiger partial charge in [-0.1, -0.05) is 25.7 Å². The first-order valence-corrected chi connectivity index (χ1v) is 6.53. The van der Waals surface area contributed by atoms with Gasteiger partial charge in [0.2, 0.25) is 0 Å². The van der Waals surface area contributed by atoms with Crippen molar-refractivity contribution in [1.29, 1.82) is 0 Å². The summed E-state index contributed by atoms with van der Waals surface area (Å²) in [5.41, 5.74) is 6.13. The Labute approximate surface area is 93.2 Å². The van der Waals surface area contributed by atoms with Gasteiger partial charge in [0.05, 0.1) is 0 Å². The second-order valence-corrected chi connectivity index (χ2v) is 5.24. The van der Waals surface area contributed by atoms with Crippen molar-refractivity contribution in [3.8, 4) is 0 Å². The van der Waals surface area contributed by atoms with Crippen LogP contribution in [0.4, 0.5) is 0 Å². The van der Waals surface area contributed by atoms with Crippen molar-refractivity contribution in [2.24, 2.45) is 5.73 Å². The molecule has 2 rings (SSSR count). The van der Waals surface area contributed by atoms with Gasteiger partial charge in [0.15, 0.2) is 0 Å². The van der Waals surface area contributed by atoms with Gasteiger partial charge >= 0.3 is 0 Å². The van der Waals surface area contributed by atoms with Gasteiger partial charge in [0, 0.05) is 24.7 Å². The van der Waals surface area contributed by atoms with Crippen molar-refractivity contribution < 1.29 is 0 Å². The monoisotopic (exact) mass is 211 g/mol. The van der Waals surface area contributed by atoms with Gasteiger partial charge in [-0.15, -0.1) is 0 Å². The van der Waals surface area contributed by atoms with Crippen LogP contribution in [0, 0.1) is 0 Å². The van der Waals surface area contributed by atoms with Gasteiger partial charge in [-0.3, -0.25) is 0 Å². The summed E-state index contributed by atoms with van der Waals surface area (Å²) in [6, 6.07) is 0.718. The molecule has 0 spiro atoms. The van der Waals surface area contributed by atoms with E-state index in [9.17, 15) is 0 Å². The number of hydrogen-bond donors (Lipinski definition) is 3. The molecule has 0 aromatic carbocycles. The van der Waals surface area contributed by atoms with Gasteiger partial charge in [-0.25, -0.2) is 0 Å². The number of nitrogens with two attached hydrogens (primary N) is 1. The van der Waals surface area contributed by atoms with E-state index in [-0.39, 0.29) is 5.54 Å². The van der Waals surface area contributed by atoms with E-state index in [4.69, 9.17) is 5.73 Å². The maximum atomic E-state index is 5.92. The third-order valence-corrected chi connectivity index (χ3v) is 4.00. The molecule has 3 nitrogen and oxygen atoms in total. The molecule has 15 heavy (non-hydrogen) atoms. The molecule has 1 heterocycles. The lowest BCUT2D eigenvalue weighted by atomic mass is 9.95. The van der Waals surface area contributed by atoms with E-state index in [2.05, 4.69) is 10.6 Å². The summed E-state index contributed by atoms with van der Waals surface area (Å²) >= 11 is 0. The molecule has 0 aromatic rings. The molecule has 3 heteroatoms. The predicted octanol–water partition coefficient (Wildman–Crippen LogP) is 0.990. The smallest absolute Gasteiger partial charge is 0.0444 e. The molecule has 1 aliphatic heterocycles. The van der Waals surface area contributed by atoms with Crippen LogP contribution in [-0.2, 0) is 0 Å². The van der Waals surface area contributed by atoms with Crippen LogP contribution in [0.25, 0.3) is 0 Å². The van der Waals surface area contributed by atoms with Gasteiger partial charge in [0.25, 0.3) is 0 Å². The molecule has 1 unspecified atom stereocenters. The van der Waals surface area contributed by atoms with E-state index in [0.29, 0.717) is 0 Å². The van der Waals surface area contributed by atoms with E-state index >= 15 is 0 Å². The lowest BCUT2D eigenvalue weighted by molar-refractivity contribution is 0.296. The highest BCUT2D eigenvalue weighted by Gasteiger charge is 2.34. The fraction of sp³-hybridized carbons (Fsp3) is 1.00. The summed E-state index contributed by atoms with van der Waals surface area (Å²) < 4.78 is 0. The Bertz CT molecular complexity index is 179. The minimum Gasteiger partial charge on any atom is -0.329 e. The molecule has 88 valence electrons. The van der Waals surface area contributed by atoms with Crippen LogP contribution in [0.2, 0.25) is 0 Å². The second-order valence-electron chi connectivity index (χ2n) is 5.24. The Morgan fingerprint density at radius 1 is 1.20 bits per heavy atom. The van der Waals surface area contributed by atoms with Crippen molar-refractivity contribution >= 4 is 0 Å². The van der Waals surface area contributed by atoms with Crippen LogP contribution >= 0.6 is 0 Å². The fourth-order valence-corrected chi connectivity index (χ4v) is 2.96. The standard InChI is InChI=1S/C12H25N3/c13-9-12(7-8-14-10-12)15-11-5-3-1-2-4-6-11/h11,14-15H,1-10,13H2. The van der Waals surface area contributed by atoms with Crippen molar-refractivity contribution in [3.05, 3.63) is 0 Å². The van der Waals surface area contributed by atoms with Gasteiger partial charge < -0.3 is 16.4 Å². The van der Waals surface area contributed by atoms with Crippen molar-refractivity contribution in [2.45, 2.75) is 56.5 Å². The first-order chi connectivity index (χ1) is 7.35. The van der Waals surface area contributed by atoms with Gasteiger partial charge in [-0.05, 0) is 25.8 Å². The van der Waals surface area contributed by atoms with Gasteiger partial charge in [0.1, 0.15) is 0 Å².